The van der Waals surface area contributed by atoms with Crippen LogP contribution in [0.15, 0.2) is 21.9 Å². The number of H-pyrrole nitrogens is 1. The number of hydrogen-bond donors (Lipinski definition) is 6. The van der Waals surface area contributed by atoms with Crippen molar-refractivity contribution in [3.63, 3.8) is 0 Å². The number of aromatic amines is 1. The molecule has 0 spiro atoms. The number of aliphatic hydroxyl groups excluding tert-OH is 1. The molecule has 6 atom stereocenters. The third-order valence-electron chi connectivity index (χ3n) is 3.24. The van der Waals surface area contributed by atoms with Gasteiger partial charge in [0.15, 0.2) is 12.4 Å². The summed E-state index contributed by atoms with van der Waals surface area (Å²) < 4.78 is 64.4. The Morgan fingerprint density at radius 2 is 1.76 bits per heavy atom. The highest BCUT2D eigenvalue weighted by molar-refractivity contribution is 7.66. The molecule has 1 fully saturated rings. The quantitative estimate of drug-likeness (QED) is 0.229. The molecule has 0 bridgehead atoms. The summed E-state index contributed by atoms with van der Waals surface area (Å²) in [5.74, 6) is 0. The first-order chi connectivity index (χ1) is 13.1. The normalized spacial score (nSPS) is 29.3. The maximum absolute atomic E-state index is 14.2. The predicted molar refractivity (Wildman–Crippen MR) is 86.0 cm³/mol. The van der Waals surface area contributed by atoms with E-state index in [1.807, 2.05) is 4.98 Å². The van der Waals surface area contributed by atoms with Crippen LogP contribution in [0.5, 0.6) is 0 Å². The van der Waals surface area contributed by atoms with Crippen LogP contribution in [0, 0.1) is 0 Å². The lowest BCUT2D eigenvalue weighted by Crippen LogP contribution is -2.35. The van der Waals surface area contributed by atoms with Crippen molar-refractivity contribution in [2.45, 2.75) is 24.6 Å². The molecule has 2 heterocycles. The molecule has 6 N–H and O–H groups in total. The van der Waals surface area contributed by atoms with E-state index < -0.39 is 65.9 Å². The Kier molecular flexibility index (Phi) is 7.17. The van der Waals surface area contributed by atoms with E-state index in [9.17, 15) is 37.7 Å². The van der Waals surface area contributed by atoms with E-state index in [0.29, 0.717) is 4.57 Å². The highest BCUT2D eigenvalue weighted by Gasteiger charge is 2.47. The number of rotatable bonds is 8. The van der Waals surface area contributed by atoms with Gasteiger partial charge in [0, 0.05) is 12.3 Å². The van der Waals surface area contributed by atoms with Gasteiger partial charge in [-0.25, -0.2) is 22.9 Å². The van der Waals surface area contributed by atoms with Crippen molar-refractivity contribution in [1.29, 1.82) is 0 Å². The van der Waals surface area contributed by atoms with Crippen LogP contribution in [0.1, 0.15) is 6.23 Å². The zero-order valence-corrected chi connectivity index (χ0v) is 16.4. The van der Waals surface area contributed by atoms with E-state index >= 15 is 0 Å². The molecule has 1 aliphatic heterocycles. The fourth-order valence-electron chi connectivity index (χ4n) is 2.16. The third kappa shape index (κ3) is 6.72. The minimum absolute atomic E-state index is 0.583. The van der Waals surface area contributed by atoms with E-state index in [-0.39, 0.29) is 0 Å². The van der Waals surface area contributed by atoms with Crippen molar-refractivity contribution >= 4 is 23.5 Å². The summed E-state index contributed by atoms with van der Waals surface area (Å²) >= 11 is 0. The van der Waals surface area contributed by atoms with Crippen molar-refractivity contribution in [3.8, 4) is 0 Å². The number of nitrogens with one attached hydrogen (secondary N) is 1. The van der Waals surface area contributed by atoms with Gasteiger partial charge in [-0.15, -0.1) is 0 Å². The minimum atomic E-state index is -5.75. The van der Waals surface area contributed by atoms with E-state index in [2.05, 4.69) is 13.1 Å². The van der Waals surface area contributed by atoms with Crippen LogP contribution >= 0.6 is 23.5 Å². The fraction of sp³-hybridized carbons (Fsp3) is 0.556. The van der Waals surface area contributed by atoms with Crippen molar-refractivity contribution in [1.82, 2.24) is 9.55 Å². The van der Waals surface area contributed by atoms with Gasteiger partial charge >= 0.3 is 29.2 Å². The van der Waals surface area contributed by atoms with Gasteiger partial charge in [0.1, 0.15) is 12.2 Å². The molecule has 2 rings (SSSR count). The summed E-state index contributed by atoms with van der Waals surface area (Å²) in [6.07, 6.45) is -6.85. The lowest BCUT2D eigenvalue weighted by Gasteiger charge is -2.19. The van der Waals surface area contributed by atoms with Gasteiger partial charge < -0.3 is 29.4 Å². The molecule has 2 unspecified atom stereocenters. The Bertz CT molecular complexity index is 1000. The fourth-order valence-corrected chi connectivity index (χ4v) is 5.19. The molecule has 0 aliphatic carbocycles. The molecule has 166 valence electrons. The molecular formula is C9H14FN2O14P3. The highest BCUT2D eigenvalue weighted by Crippen LogP contribution is 2.66. The number of phosphoric ester groups is 1. The Morgan fingerprint density at radius 3 is 2.31 bits per heavy atom. The smallest absolute Gasteiger partial charge is 0.387 e. The average Bonchev–Trinajstić information content (AvgIpc) is 2.78. The number of aliphatic hydroxyl groups is 1. The van der Waals surface area contributed by atoms with E-state index in [1.54, 1.807) is 0 Å². The zero-order valence-electron chi connectivity index (χ0n) is 13.7. The van der Waals surface area contributed by atoms with Crippen LogP contribution in [0.3, 0.4) is 0 Å². The molecule has 1 aromatic rings. The van der Waals surface area contributed by atoms with Gasteiger partial charge in [-0.3, -0.25) is 18.9 Å². The minimum Gasteiger partial charge on any atom is -0.387 e. The largest absolute Gasteiger partial charge is 0.490 e. The van der Waals surface area contributed by atoms with Gasteiger partial charge in [-0.1, -0.05) is 0 Å². The van der Waals surface area contributed by atoms with Gasteiger partial charge in [0.25, 0.3) is 5.56 Å². The predicted octanol–water partition coefficient (Wildman–Crippen LogP) is -1.52. The maximum atomic E-state index is 14.2. The molecule has 0 radical (unpaired) electrons. The molecule has 1 aliphatic rings. The monoisotopic (exact) mass is 486 g/mol. The number of ether oxygens (including phenoxy) is 1. The highest BCUT2D eigenvalue weighted by atomic mass is 31.3. The first kappa shape index (κ1) is 24.2. The summed E-state index contributed by atoms with van der Waals surface area (Å²) in [7, 11) is -16.9. The summed E-state index contributed by atoms with van der Waals surface area (Å²) in [5.41, 5.74) is -1.87. The Labute approximate surface area is 158 Å². The van der Waals surface area contributed by atoms with E-state index in [4.69, 9.17) is 19.4 Å². The molecule has 20 heteroatoms. The summed E-state index contributed by atoms with van der Waals surface area (Å²) in [6, 6.07) is 0.864. The standard InChI is InChI=1S/C9H14FN2O14P3/c10-6-7(14)4(24-8(6)12-2-1-5(13)11-9(12)15)3-23-28(19,20)26-29(21,22)25-27(16,17)18/h1-2,4,6-8,14H,3H2,(H,19,20)(H,21,22)(H,11,13,15)(H2,16,17,18)/t4-,6+,7-,8-/m1/s1. The zero-order chi connectivity index (χ0) is 22.2. The van der Waals surface area contributed by atoms with E-state index in [1.165, 1.54) is 0 Å². The number of nitrogens with zero attached hydrogens (tertiary/aromatic N) is 1. The SMILES string of the molecule is O=c1ccn([C@@H]2O[C@H](COP(=O)(O)OP(=O)(O)OP(=O)(O)O)[C@@H](O)[C@@H]2F)c(=O)[nH]1. The van der Waals surface area contributed by atoms with Gasteiger partial charge in [-0.05, 0) is 0 Å². The third-order valence-corrected chi connectivity index (χ3v) is 7.04. The maximum Gasteiger partial charge on any atom is 0.490 e. The van der Waals surface area contributed by atoms with Crippen LogP contribution in [-0.2, 0) is 31.6 Å². The molecule has 0 aromatic carbocycles. The Balaban J connectivity index is 2.06. The summed E-state index contributed by atoms with van der Waals surface area (Å²) in [5, 5.41) is 9.81. The molecule has 0 amide bonds. The van der Waals surface area contributed by atoms with Crippen molar-refractivity contribution in [2.75, 3.05) is 6.61 Å². The number of hydrogen-bond acceptors (Lipinski definition) is 10. The lowest BCUT2D eigenvalue weighted by molar-refractivity contribution is -0.0482. The second kappa shape index (κ2) is 8.59. The van der Waals surface area contributed by atoms with E-state index in [0.717, 1.165) is 12.3 Å². The molecule has 16 nitrogen and oxygen atoms in total. The first-order valence-corrected chi connectivity index (χ1v) is 11.7. The Hall–Kier alpha value is -1.06. The van der Waals surface area contributed by atoms with Crippen LogP contribution in [-0.4, -0.2) is 59.2 Å². The number of phosphoric acid groups is 3. The van der Waals surface area contributed by atoms with Crippen LogP contribution < -0.4 is 11.2 Å². The second-order valence-electron chi connectivity index (χ2n) is 5.40. The second-order valence-corrected chi connectivity index (χ2v) is 9.82. The van der Waals surface area contributed by atoms with Crippen LogP contribution in [0.2, 0.25) is 0 Å². The molecule has 1 aromatic heterocycles. The van der Waals surface area contributed by atoms with Gasteiger partial charge in [-0.2, -0.15) is 8.62 Å². The van der Waals surface area contributed by atoms with Crippen molar-refractivity contribution < 1.29 is 60.6 Å². The average molecular weight is 486 g/mol. The summed E-state index contributed by atoms with van der Waals surface area (Å²) in [6.45, 7) is -1.13. The van der Waals surface area contributed by atoms with Gasteiger partial charge in [0.2, 0.25) is 0 Å². The molecular weight excluding hydrogens is 472 g/mol. The lowest BCUT2D eigenvalue weighted by atomic mass is 10.1. The molecule has 0 saturated carbocycles. The molecule has 29 heavy (non-hydrogen) atoms. The molecule has 1 saturated heterocycles. The number of aromatic nitrogens is 2. The number of halogens is 1. The van der Waals surface area contributed by atoms with Crippen LogP contribution in [0.4, 0.5) is 4.39 Å². The van der Waals surface area contributed by atoms with Crippen LogP contribution in [0.25, 0.3) is 0 Å². The van der Waals surface area contributed by atoms with Crippen molar-refractivity contribution in [2.24, 2.45) is 0 Å². The topological polar surface area (TPSA) is 244 Å². The first-order valence-electron chi connectivity index (χ1n) is 7.18. The number of alkyl halides is 1. The van der Waals surface area contributed by atoms with Crippen molar-refractivity contribution in [3.05, 3.63) is 33.1 Å². The Morgan fingerprint density at radius 1 is 1.14 bits per heavy atom. The van der Waals surface area contributed by atoms with Gasteiger partial charge in [0.05, 0.1) is 6.61 Å². The summed E-state index contributed by atoms with van der Waals surface area (Å²) in [4.78, 5) is 59.7.